The van der Waals surface area contributed by atoms with Gasteiger partial charge in [-0.2, -0.15) is 0 Å². The van der Waals surface area contributed by atoms with Crippen molar-refractivity contribution >= 4 is 11.9 Å². The predicted octanol–water partition coefficient (Wildman–Crippen LogP) is 2.94. The van der Waals surface area contributed by atoms with E-state index >= 15 is 0 Å². The summed E-state index contributed by atoms with van der Waals surface area (Å²) in [6, 6.07) is 8.58. The van der Waals surface area contributed by atoms with E-state index in [1.54, 1.807) is 0 Å². The molecule has 0 aliphatic rings. The molecule has 1 aromatic rings. The lowest BCUT2D eigenvalue weighted by molar-refractivity contribution is -0.137. The molecule has 0 atom stereocenters. The number of nitrogens with one attached hydrogen (secondary N) is 1. The van der Waals surface area contributed by atoms with Crippen molar-refractivity contribution < 1.29 is 14.7 Å². The minimum atomic E-state index is -0.823. The molecule has 2 N–H and O–H groups in total. The van der Waals surface area contributed by atoms with Gasteiger partial charge in [-0.05, 0) is 36.8 Å². The summed E-state index contributed by atoms with van der Waals surface area (Å²) in [6.45, 7) is 2.61. The summed E-state index contributed by atoms with van der Waals surface area (Å²) in [4.78, 5) is 21.9. The number of carboxylic acids is 1. The molecule has 0 saturated heterocycles. The van der Waals surface area contributed by atoms with Gasteiger partial charge in [0.05, 0.1) is 0 Å². The summed E-state index contributed by atoms with van der Waals surface area (Å²) in [7, 11) is 0. The molecule has 0 radical (unpaired) electrons. The molecule has 1 aromatic carbocycles. The largest absolute Gasteiger partial charge is 0.481 e. The zero-order chi connectivity index (χ0) is 15.5. The van der Waals surface area contributed by atoms with Crippen LogP contribution in [0.3, 0.4) is 0 Å². The lowest BCUT2D eigenvalue weighted by Gasteiger charge is -2.05. The third-order valence-electron chi connectivity index (χ3n) is 3.32. The number of hydrogen-bond acceptors (Lipinski definition) is 2. The summed E-state index contributed by atoms with van der Waals surface area (Å²) in [5, 5.41) is 11.2. The summed E-state index contributed by atoms with van der Waals surface area (Å²) in [5.74, 6) is -0.821. The molecule has 0 aromatic heterocycles. The minimum Gasteiger partial charge on any atom is -0.481 e. The van der Waals surface area contributed by atoms with Crippen molar-refractivity contribution in [3.05, 3.63) is 35.4 Å². The molecule has 21 heavy (non-hydrogen) atoms. The van der Waals surface area contributed by atoms with E-state index in [9.17, 15) is 9.59 Å². The number of aryl methyl sites for hydroxylation is 2. The molecular weight excluding hydrogens is 266 g/mol. The van der Waals surface area contributed by atoms with Gasteiger partial charge in [0.15, 0.2) is 0 Å². The number of rotatable bonds is 10. The maximum Gasteiger partial charge on any atom is 0.303 e. The van der Waals surface area contributed by atoms with Gasteiger partial charge in [-0.15, -0.1) is 0 Å². The number of benzene rings is 1. The molecule has 0 aliphatic carbocycles. The van der Waals surface area contributed by atoms with E-state index in [2.05, 4.69) is 36.5 Å². The van der Waals surface area contributed by atoms with Crippen LogP contribution in [0.5, 0.6) is 0 Å². The van der Waals surface area contributed by atoms with Crippen molar-refractivity contribution in [2.75, 3.05) is 6.54 Å². The minimum absolute atomic E-state index is 0.00277. The van der Waals surface area contributed by atoms with Gasteiger partial charge in [-0.25, -0.2) is 0 Å². The van der Waals surface area contributed by atoms with Crippen LogP contribution >= 0.6 is 0 Å². The van der Waals surface area contributed by atoms with Crippen molar-refractivity contribution in [2.24, 2.45) is 0 Å². The number of hydrogen-bond donors (Lipinski definition) is 2. The smallest absolute Gasteiger partial charge is 0.303 e. The molecule has 0 saturated carbocycles. The van der Waals surface area contributed by atoms with Crippen molar-refractivity contribution in [2.45, 2.75) is 51.9 Å². The first-order valence-corrected chi connectivity index (χ1v) is 7.68. The van der Waals surface area contributed by atoms with Gasteiger partial charge in [0.2, 0.25) is 5.91 Å². The molecule has 1 amide bonds. The normalized spacial score (nSPS) is 10.3. The second-order valence-electron chi connectivity index (χ2n) is 5.27. The number of aliphatic carboxylic acids is 1. The van der Waals surface area contributed by atoms with Crippen LogP contribution in [0.1, 0.15) is 50.2 Å². The first-order chi connectivity index (χ1) is 10.1. The fourth-order valence-corrected chi connectivity index (χ4v) is 2.17. The maximum absolute atomic E-state index is 11.6. The van der Waals surface area contributed by atoms with Crippen LogP contribution in [0.25, 0.3) is 0 Å². The maximum atomic E-state index is 11.6. The number of carbonyl (C=O) groups is 2. The second kappa shape index (κ2) is 9.97. The Balaban J connectivity index is 2.14. The Morgan fingerprint density at radius 2 is 1.62 bits per heavy atom. The van der Waals surface area contributed by atoms with Gasteiger partial charge in [-0.3, -0.25) is 9.59 Å². The third-order valence-corrected chi connectivity index (χ3v) is 3.32. The molecule has 116 valence electrons. The Morgan fingerprint density at radius 1 is 1.00 bits per heavy atom. The van der Waals surface area contributed by atoms with E-state index in [1.165, 1.54) is 11.1 Å². The average Bonchev–Trinajstić information content (AvgIpc) is 2.46. The Bertz CT molecular complexity index is 440. The van der Waals surface area contributed by atoms with E-state index in [4.69, 9.17) is 5.11 Å². The quantitative estimate of drug-likeness (QED) is 0.651. The highest BCUT2D eigenvalue weighted by atomic mass is 16.4. The average molecular weight is 291 g/mol. The SMILES string of the molecule is CCCc1ccc(CCCC(=O)NCCCC(=O)O)cc1. The Hall–Kier alpha value is -1.84. The fourth-order valence-electron chi connectivity index (χ4n) is 2.17. The summed E-state index contributed by atoms with van der Waals surface area (Å²) in [6.07, 6.45) is 5.06. The Kier molecular flexibility index (Phi) is 8.17. The lowest BCUT2D eigenvalue weighted by atomic mass is 10.0. The van der Waals surface area contributed by atoms with Crippen molar-refractivity contribution in [3.63, 3.8) is 0 Å². The van der Waals surface area contributed by atoms with Gasteiger partial charge in [0.1, 0.15) is 0 Å². The van der Waals surface area contributed by atoms with E-state index in [0.717, 1.165) is 25.7 Å². The lowest BCUT2D eigenvalue weighted by Crippen LogP contribution is -2.24. The fraction of sp³-hybridized carbons (Fsp3) is 0.529. The summed E-state index contributed by atoms with van der Waals surface area (Å²) in [5.41, 5.74) is 2.62. The van der Waals surface area contributed by atoms with Gasteiger partial charge >= 0.3 is 5.97 Å². The Labute approximate surface area is 126 Å². The van der Waals surface area contributed by atoms with E-state index in [-0.39, 0.29) is 12.3 Å². The zero-order valence-electron chi connectivity index (χ0n) is 12.7. The molecule has 0 spiro atoms. The summed E-state index contributed by atoms with van der Waals surface area (Å²) < 4.78 is 0. The molecule has 1 rings (SSSR count). The first kappa shape index (κ1) is 17.2. The molecule has 0 aliphatic heterocycles. The van der Waals surface area contributed by atoms with Crippen LogP contribution in [0.4, 0.5) is 0 Å². The van der Waals surface area contributed by atoms with Crippen LogP contribution in [-0.4, -0.2) is 23.5 Å². The summed E-state index contributed by atoms with van der Waals surface area (Å²) >= 11 is 0. The number of carboxylic acid groups (broad SMARTS) is 1. The molecule has 4 nitrogen and oxygen atoms in total. The van der Waals surface area contributed by atoms with Crippen molar-refractivity contribution in [1.29, 1.82) is 0 Å². The van der Waals surface area contributed by atoms with Crippen LogP contribution in [0, 0.1) is 0 Å². The van der Waals surface area contributed by atoms with Gasteiger partial charge in [0.25, 0.3) is 0 Å². The zero-order valence-corrected chi connectivity index (χ0v) is 12.7. The van der Waals surface area contributed by atoms with Crippen LogP contribution in [0.2, 0.25) is 0 Å². The molecule has 0 fully saturated rings. The molecule has 4 heteroatoms. The van der Waals surface area contributed by atoms with E-state index in [0.29, 0.717) is 19.4 Å². The van der Waals surface area contributed by atoms with Crippen LogP contribution in [-0.2, 0) is 22.4 Å². The molecule has 0 heterocycles. The number of carbonyl (C=O) groups excluding carboxylic acids is 1. The Morgan fingerprint density at radius 3 is 2.19 bits per heavy atom. The first-order valence-electron chi connectivity index (χ1n) is 7.68. The highest BCUT2D eigenvalue weighted by Crippen LogP contribution is 2.09. The third kappa shape index (κ3) is 8.12. The topological polar surface area (TPSA) is 66.4 Å². The highest BCUT2D eigenvalue weighted by molar-refractivity contribution is 5.75. The highest BCUT2D eigenvalue weighted by Gasteiger charge is 2.02. The second-order valence-corrected chi connectivity index (χ2v) is 5.27. The number of amides is 1. The van der Waals surface area contributed by atoms with Crippen molar-refractivity contribution in [3.8, 4) is 0 Å². The van der Waals surface area contributed by atoms with Gasteiger partial charge < -0.3 is 10.4 Å². The monoisotopic (exact) mass is 291 g/mol. The van der Waals surface area contributed by atoms with Crippen LogP contribution in [0.15, 0.2) is 24.3 Å². The van der Waals surface area contributed by atoms with E-state index < -0.39 is 5.97 Å². The standard InChI is InChI=1S/C17H25NO3/c1-2-5-14-9-11-15(12-10-14)6-3-7-16(19)18-13-4-8-17(20)21/h9-12H,2-8,13H2,1H3,(H,18,19)(H,20,21). The van der Waals surface area contributed by atoms with Crippen molar-refractivity contribution in [1.82, 2.24) is 5.32 Å². The predicted molar refractivity (Wildman–Crippen MR) is 83.3 cm³/mol. The van der Waals surface area contributed by atoms with Crippen LogP contribution < -0.4 is 5.32 Å². The molecular formula is C17H25NO3. The molecule has 0 unspecified atom stereocenters. The van der Waals surface area contributed by atoms with E-state index in [1.807, 2.05) is 0 Å². The van der Waals surface area contributed by atoms with Gasteiger partial charge in [0, 0.05) is 19.4 Å². The molecule has 0 bridgehead atoms. The van der Waals surface area contributed by atoms with Gasteiger partial charge in [-0.1, -0.05) is 37.6 Å².